The molecule has 1 fully saturated rings. The number of hydrogen-bond acceptors (Lipinski definition) is 6. The van der Waals surface area contributed by atoms with Crippen LogP contribution >= 0.6 is 0 Å². The van der Waals surface area contributed by atoms with Crippen molar-refractivity contribution in [1.29, 1.82) is 0 Å². The van der Waals surface area contributed by atoms with Gasteiger partial charge in [0.05, 0.1) is 16.7 Å². The maximum Gasteiger partial charge on any atom is 0.345 e. The second-order valence-electron chi connectivity index (χ2n) is 10.3. The second-order valence-corrected chi connectivity index (χ2v) is 12.1. The number of hydrogen-bond donors (Lipinski definition) is 1. The van der Waals surface area contributed by atoms with Gasteiger partial charge in [0.2, 0.25) is 0 Å². The number of benzene rings is 1. The van der Waals surface area contributed by atoms with E-state index in [4.69, 9.17) is 9.72 Å². The highest BCUT2D eigenvalue weighted by atomic mass is 32.2. The number of carbonyl (C=O) groups excluding carboxylic acids is 1. The predicted octanol–water partition coefficient (Wildman–Crippen LogP) is 3.33. The molecule has 1 aromatic carbocycles. The van der Waals surface area contributed by atoms with E-state index in [0.717, 1.165) is 64.3 Å². The van der Waals surface area contributed by atoms with Crippen LogP contribution in [-0.2, 0) is 26.9 Å². The highest BCUT2D eigenvalue weighted by Crippen LogP contribution is 2.31. The van der Waals surface area contributed by atoms with Crippen molar-refractivity contribution in [2.45, 2.75) is 58.9 Å². The molecular formula is C25H36N6O4S. The quantitative estimate of drug-likeness (QED) is 0.492. The third-order valence-electron chi connectivity index (χ3n) is 6.46. The predicted molar refractivity (Wildman–Crippen MR) is 140 cm³/mol. The standard InChI is InChI=1S/C25H36N6O4S/c1-6-12-26-23(32)20-9-13-31(28-20)36(33,34)29(5)19-7-8-22-21(16-19)27-24(25(2,3)4)30(22)17-18-10-14-35-15-11-18/h7-9,13,16,18H,6,10-12,14-15,17H2,1-5H3,(H,26,32). The number of nitrogens with one attached hydrogen (secondary N) is 1. The Bertz CT molecular complexity index is 1330. The van der Waals surface area contributed by atoms with Gasteiger partial charge in [0, 0.05) is 45.0 Å². The van der Waals surface area contributed by atoms with Crippen molar-refractivity contribution in [3.8, 4) is 0 Å². The minimum absolute atomic E-state index is 0.0533. The molecule has 0 saturated carbocycles. The van der Waals surface area contributed by atoms with Gasteiger partial charge >= 0.3 is 10.2 Å². The fourth-order valence-corrected chi connectivity index (χ4v) is 5.44. The Kier molecular flexibility index (Phi) is 7.42. The summed E-state index contributed by atoms with van der Waals surface area (Å²) in [5, 5.41) is 6.71. The normalized spacial score (nSPS) is 15.4. The number of nitrogens with zero attached hydrogens (tertiary/aromatic N) is 5. The summed E-state index contributed by atoms with van der Waals surface area (Å²) in [6.45, 7) is 11.3. The first-order chi connectivity index (χ1) is 17.0. The van der Waals surface area contributed by atoms with Gasteiger partial charge in [-0.25, -0.2) is 4.98 Å². The molecule has 196 valence electrons. The molecule has 0 spiro atoms. The SMILES string of the molecule is CCCNC(=O)c1ccn(S(=O)(=O)N(C)c2ccc3c(c2)nc(C(C)(C)C)n3CC2CCOCC2)n1. The molecule has 3 aromatic rings. The smallest absolute Gasteiger partial charge is 0.345 e. The summed E-state index contributed by atoms with van der Waals surface area (Å²) in [5.74, 6) is 1.09. The number of ether oxygens (including phenoxy) is 1. The van der Waals surface area contributed by atoms with Crippen molar-refractivity contribution in [2.75, 3.05) is 31.1 Å². The van der Waals surface area contributed by atoms with Crippen LogP contribution in [0.15, 0.2) is 30.5 Å². The van der Waals surface area contributed by atoms with E-state index in [0.29, 0.717) is 18.2 Å². The second kappa shape index (κ2) is 10.2. The summed E-state index contributed by atoms with van der Waals surface area (Å²) >= 11 is 0. The summed E-state index contributed by atoms with van der Waals surface area (Å²) in [5.41, 5.74) is 2.07. The van der Waals surface area contributed by atoms with Crippen LogP contribution in [0.1, 0.15) is 63.3 Å². The summed E-state index contributed by atoms with van der Waals surface area (Å²) in [4.78, 5) is 17.1. The molecule has 0 unspecified atom stereocenters. The first kappa shape index (κ1) is 26.2. The summed E-state index contributed by atoms with van der Waals surface area (Å²) in [6, 6.07) is 6.91. The summed E-state index contributed by atoms with van der Waals surface area (Å²) in [6.07, 6.45) is 4.10. The number of fused-ring (bicyclic) bond motifs is 1. The van der Waals surface area contributed by atoms with E-state index in [1.807, 2.05) is 13.0 Å². The number of imidazole rings is 1. The Morgan fingerprint density at radius 3 is 2.61 bits per heavy atom. The minimum Gasteiger partial charge on any atom is -0.381 e. The Morgan fingerprint density at radius 1 is 1.22 bits per heavy atom. The van der Waals surface area contributed by atoms with Crippen LogP contribution in [0.5, 0.6) is 0 Å². The third-order valence-corrected chi connectivity index (χ3v) is 8.04. The minimum atomic E-state index is -4.04. The zero-order valence-corrected chi connectivity index (χ0v) is 22.5. The van der Waals surface area contributed by atoms with Crippen LogP contribution < -0.4 is 9.62 Å². The first-order valence-electron chi connectivity index (χ1n) is 12.4. The van der Waals surface area contributed by atoms with Crippen molar-refractivity contribution < 1.29 is 17.9 Å². The van der Waals surface area contributed by atoms with Gasteiger partial charge in [0.1, 0.15) is 5.82 Å². The lowest BCUT2D eigenvalue weighted by Crippen LogP contribution is -2.33. The van der Waals surface area contributed by atoms with Crippen LogP contribution in [0.2, 0.25) is 0 Å². The molecule has 3 heterocycles. The lowest BCUT2D eigenvalue weighted by Gasteiger charge is -2.26. The summed E-state index contributed by atoms with van der Waals surface area (Å²) < 4.78 is 36.3. The Balaban J connectivity index is 1.65. The average Bonchev–Trinajstić information content (AvgIpc) is 3.48. The third kappa shape index (κ3) is 5.27. The zero-order chi connectivity index (χ0) is 26.1. The van der Waals surface area contributed by atoms with E-state index < -0.39 is 16.1 Å². The van der Waals surface area contributed by atoms with Crippen LogP contribution in [0.25, 0.3) is 11.0 Å². The van der Waals surface area contributed by atoms with Gasteiger partial charge in [-0.15, -0.1) is 4.09 Å². The molecule has 36 heavy (non-hydrogen) atoms. The number of amides is 1. The van der Waals surface area contributed by atoms with Gasteiger partial charge in [0.25, 0.3) is 5.91 Å². The molecule has 1 saturated heterocycles. The van der Waals surface area contributed by atoms with Gasteiger partial charge in [-0.05, 0) is 49.4 Å². The molecule has 0 bridgehead atoms. The van der Waals surface area contributed by atoms with E-state index in [-0.39, 0.29) is 11.1 Å². The molecule has 0 atom stereocenters. The van der Waals surface area contributed by atoms with E-state index in [2.05, 4.69) is 35.8 Å². The lowest BCUT2D eigenvalue weighted by atomic mass is 9.94. The van der Waals surface area contributed by atoms with Crippen molar-refractivity contribution in [2.24, 2.45) is 5.92 Å². The van der Waals surface area contributed by atoms with Gasteiger partial charge in [-0.2, -0.15) is 13.5 Å². The Labute approximate surface area is 212 Å². The molecule has 1 aliphatic rings. The molecule has 1 amide bonds. The van der Waals surface area contributed by atoms with Crippen molar-refractivity contribution in [3.05, 3.63) is 42.0 Å². The van der Waals surface area contributed by atoms with E-state index >= 15 is 0 Å². The molecule has 0 radical (unpaired) electrons. The van der Waals surface area contributed by atoms with Gasteiger partial charge < -0.3 is 14.6 Å². The first-order valence-corrected chi connectivity index (χ1v) is 13.8. The fraction of sp³-hybridized carbons (Fsp3) is 0.560. The zero-order valence-electron chi connectivity index (χ0n) is 21.7. The largest absolute Gasteiger partial charge is 0.381 e. The van der Waals surface area contributed by atoms with Crippen molar-refractivity contribution in [1.82, 2.24) is 24.1 Å². The molecule has 10 nitrogen and oxygen atoms in total. The van der Waals surface area contributed by atoms with Gasteiger partial charge in [-0.1, -0.05) is 27.7 Å². The van der Waals surface area contributed by atoms with Crippen LogP contribution in [0.3, 0.4) is 0 Å². The maximum absolute atomic E-state index is 13.3. The van der Waals surface area contributed by atoms with Gasteiger partial charge in [0.15, 0.2) is 5.69 Å². The Morgan fingerprint density at radius 2 is 1.94 bits per heavy atom. The molecule has 4 rings (SSSR count). The van der Waals surface area contributed by atoms with E-state index in [1.165, 1.54) is 19.3 Å². The molecular weight excluding hydrogens is 480 g/mol. The number of carbonyl (C=O) groups is 1. The van der Waals surface area contributed by atoms with Crippen LogP contribution in [0.4, 0.5) is 5.69 Å². The van der Waals surface area contributed by atoms with Gasteiger partial charge in [-0.3, -0.25) is 9.10 Å². The number of anilines is 1. The van der Waals surface area contributed by atoms with E-state index in [1.54, 1.807) is 12.1 Å². The topological polar surface area (TPSA) is 111 Å². The van der Waals surface area contributed by atoms with Crippen molar-refractivity contribution >= 4 is 32.8 Å². The average molecular weight is 517 g/mol. The monoisotopic (exact) mass is 516 g/mol. The Hall–Kier alpha value is -2.92. The van der Waals surface area contributed by atoms with Crippen LogP contribution in [0, 0.1) is 5.92 Å². The fourth-order valence-electron chi connectivity index (χ4n) is 4.40. The lowest BCUT2D eigenvalue weighted by molar-refractivity contribution is 0.0611. The molecule has 11 heteroatoms. The van der Waals surface area contributed by atoms with E-state index in [9.17, 15) is 13.2 Å². The molecule has 1 aliphatic heterocycles. The van der Waals surface area contributed by atoms with Crippen molar-refractivity contribution in [3.63, 3.8) is 0 Å². The number of aromatic nitrogens is 4. The number of rotatable bonds is 8. The maximum atomic E-state index is 13.3. The highest BCUT2D eigenvalue weighted by molar-refractivity contribution is 7.91. The molecule has 1 N–H and O–H groups in total. The van der Waals surface area contributed by atoms with Crippen LogP contribution in [-0.4, -0.2) is 59.9 Å². The highest BCUT2D eigenvalue weighted by Gasteiger charge is 2.27. The molecule has 2 aromatic heterocycles. The molecule has 0 aliphatic carbocycles. The summed E-state index contributed by atoms with van der Waals surface area (Å²) in [7, 11) is -2.57.